The molecular weight excluding hydrogens is 359 g/mol. The number of hydrogen-bond acceptors (Lipinski definition) is 4. The average Bonchev–Trinajstić information content (AvgIpc) is 3.08. The Morgan fingerprint density at radius 2 is 2.43 bits per heavy atom. The molecule has 0 unspecified atom stereocenters. The number of rotatable bonds is 3. The Labute approximate surface area is 134 Å². The number of aromatic nitrogens is 3. The minimum Gasteiger partial charge on any atom is -0.370 e. The van der Waals surface area contributed by atoms with Gasteiger partial charge in [-0.3, -0.25) is 5.10 Å². The second kappa shape index (κ2) is 6.17. The fourth-order valence-electron chi connectivity index (χ4n) is 2.13. The highest BCUT2D eigenvalue weighted by molar-refractivity contribution is 9.10. The van der Waals surface area contributed by atoms with E-state index in [1.54, 1.807) is 12.1 Å². The van der Waals surface area contributed by atoms with Gasteiger partial charge in [0, 0.05) is 16.6 Å². The van der Waals surface area contributed by atoms with E-state index >= 15 is 0 Å². The fourth-order valence-corrected chi connectivity index (χ4v) is 2.65. The molecule has 1 fully saturated rings. The SMILES string of the molecule is Fc1cc(Br)ccc1/C=N\n1c([C@@H]2CCCO2)n[nH]c1=S. The van der Waals surface area contributed by atoms with Gasteiger partial charge in [-0.1, -0.05) is 15.9 Å². The standard InChI is InChI=1S/C13H12BrFN4OS/c14-9-4-3-8(10(15)6-9)7-16-19-12(17-18-13(19)21)11-2-1-5-20-11/h3-4,6-7,11H,1-2,5H2,(H,18,21)/b16-7-/t11-/m0/s1. The number of H-pyrrole nitrogens is 1. The first-order chi connectivity index (χ1) is 10.1. The van der Waals surface area contributed by atoms with E-state index < -0.39 is 0 Å². The van der Waals surface area contributed by atoms with Crippen molar-refractivity contribution >= 4 is 34.4 Å². The Morgan fingerprint density at radius 3 is 3.14 bits per heavy atom. The lowest BCUT2D eigenvalue weighted by molar-refractivity contribution is 0.102. The van der Waals surface area contributed by atoms with Crippen molar-refractivity contribution in [3.05, 3.63) is 44.6 Å². The zero-order valence-electron chi connectivity index (χ0n) is 10.9. The third kappa shape index (κ3) is 3.12. The normalized spacial score (nSPS) is 18.7. The van der Waals surface area contributed by atoms with Crippen molar-refractivity contribution in [2.24, 2.45) is 5.10 Å². The zero-order valence-corrected chi connectivity index (χ0v) is 13.3. The van der Waals surface area contributed by atoms with Gasteiger partial charge in [0.05, 0.1) is 6.21 Å². The molecule has 5 nitrogen and oxygen atoms in total. The van der Waals surface area contributed by atoms with Gasteiger partial charge in [-0.05, 0) is 43.3 Å². The quantitative estimate of drug-likeness (QED) is 0.663. The van der Waals surface area contributed by atoms with Crippen LogP contribution in [0.1, 0.15) is 30.3 Å². The van der Waals surface area contributed by atoms with Crippen molar-refractivity contribution in [3.63, 3.8) is 0 Å². The third-order valence-electron chi connectivity index (χ3n) is 3.17. The maximum Gasteiger partial charge on any atom is 0.216 e. The van der Waals surface area contributed by atoms with Crippen LogP contribution < -0.4 is 0 Å². The molecule has 0 radical (unpaired) electrons. The Bertz CT molecular complexity index is 736. The van der Waals surface area contributed by atoms with E-state index in [1.807, 2.05) is 0 Å². The first kappa shape index (κ1) is 14.6. The highest BCUT2D eigenvalue weighted by atomic mass is 79.9. The van der Waals surface area contributed by atoms with E-state index in [2.05, 4.69) is 31.2 Å². The predicted molar refractivity (Wildman–Crippen MR) is 82.4 cm³/mol. The van der Waals surface area contributed by atoms with Crippen molar-refractivity contribution < 1.29 is 9.13 Å². The second-order valence-corrected chi connectivity index (χ2v) is 5.91. The topological polar surface area (TPSA) is 55.2 Å². The Hall–Kier alpha value is -1.38. The Kier molecular flexibility index (Phi) is 4.27. The Balaban J connectivity index is 1.92. The minimum absolute atomic E-state index is 0.120. The molecule has 1 aromatic heterocycles. The first-order valence-corrected chi connectivity index (χ1v) is 7.63. The van der Waals surface area contributed by atoms with Crippen molar-refractivity contribution in [2.75, 3.05) is 6.61 Å². The Morgan fingerprint density at radius 1 is 1.57 bits per heavy atom. The van der Waals surface area contributed by atoms with Gasteiger partial charge < -0.3 is 4.74 Å². The van der Waals surface area contributed by atoms with E-state index in [0.717, 1.165) is 12.8 Å². The summed E-state index contributed by atoms with van der Waals surface area (Å²) in [6.07, 6.45) is 3.16. The van der Waals surface area contributed by atoms with Crippen LogP contribution in [-0.4, -0.2) is 27.7 Å². The summed E-state index contributed by atoms with van der Waals surface area (Å²) in [6, 6.07) is 4.77. The van der Waals surface area contributed by atoms with Gasteiger partial charge >= 0.3 is 0 Å². The van der Waals surface area contributed by atoms with E-state index in [9.17, 15) is 4.39 Å². The number of halogens is 2. The summed E-state index contributed by atoms with van der Waals surface area (Å²) in [5.41, 5.74) is 0.375. The average molecular weight is 371 g/mol. The van der Waals surface area contributed by atoms with Gasteiger partial charge in [0.2, 0.25) is 4.77 Å². The summed E-state index contributed by atoms with van der Waals surface area (Å²) in [7, 11) is 0. The van der Waals surface area contributed by atoms with Crippen LogP contribution >= 0.6 is 28.1 Å². The molecule has 2 heterocycles. The molecule has 21 heavy (non-hydrogen) atoms. The summed E-state index contributed by atoms with van der Waals surface area (Å²) in [4.78, 5) is 0. The smallest absolute Gasteiger partial charge is 0.216 e. The first-order valence-electron chi connectivity index (χ1n) is 6.43. The summed E-state index contributed by atoms with van der Waals surface area (Å²) >= 11 is 8.37. The zero-order chi connectivity index (χ0) is 14.8. The molecule has 1 aromatic carbocycles. The van der Waals surface area contributed by atoms with Crippen molar-refractivity contribution in [3.8, 4) is 0 Å². The number of benzene rings is 1. The molecule has 0 spiro atoms. The maximum atomic E-state index is 13.8. The van der Waals surface area contributed by atoms with Gasteiger partial charge in [0.15, 0.2) is 5.82 Å². The molecule has 0 saturated carbocycles. The van der Waals surface area contributed by atoms with Crippen LogP contribution in [0.3, 0.4) is 0 Å². The summed E-state index contributed by atoms with van der Waals surface area (Å²) in [5.74, 6) is 0.257. The fraction of sp³-hybridized carbons (Fsp3) is 0.308. The molecule has 3 rings (SSSR count). The van der Waals surface area contributed by atoms with Gasteiger partial charge in [-0.25, -0.2) is 4.39 Å². The minimum atomic E-state index is -0.359. The molecule has 1 atom stereocenters. The highest BCUT2D eigenvalue weighted by Gasteiger charge is 2.23. The largest absolute Gasteiger partial charge is 0.370 e. The molecule has 1 aliphatic rings. The molecule has 110 valence electrons. The third-order valence-corrected chi connectivity index (χ3v) is 3.93. The van der Waals surface area contributed by atoms with Gasteiger partial charge in [-0.15, -0.1) is 0 Å². The number of nitrogens with one attached hydrogen (secondary N) is 1. The second-order valence-electron chi connectivity index (χ2n) is 4.61. The van der Waals surface area contributed by atoms with Crippen LogP contribution in [0.25, 0.3) is 0 Å². The molecule has 0 bridgehead atoms. The molecule has 0 amide bonds. The molecule has 0 aliphatic carbocycles. The molecular formula is C13H12BrFN4OS. The predicted octanol–water partition coefficient (Wildman–Crippen LogP) is 3.58. The van der Waals surface area contributed by atoms with Crippen LogP contribution in [-0.2, 0) is 4.74 Å². The summed E-state index contributed by atoms with van der Waals surface area (Å²) in [5, 5.41) is 11.1. The van der Waals surface area contributed by atoms with Crippen molar-refractivity contribution in [2.45, 2.75) is 18.9 Å². The van der Waals surface area contributed by atoms with E-state index in [0.29, 0.717) is 27.2 Å². The molecule has 1 N–H and O–H groups in total. The van der Waals surface area contributed by atoms with Crippen LogP contribution in [0.5, 0.6) is 0 Å². The van der Waals surface area contributed by atoms with Crippen LogP contribution in [0.4, 0.5) is 4.39 Å². The number of aromatic amines is 1. The van der Waals surface area contributed by atoms with Crippen molar-refractivity contribution in [1.82, 2.24) is 14.9 Å². The number of ether oxygens (including phenoxy) is 1. The van der Waals surface area contributed by atoms with Gasteiger partial charge in [0.25, 0.3) is 0 Å². The van der Waals surface area contributed by atoms with Crippen LogP contribution in [0.2, 0.25) is 0 Å². The van der Waals surface area contributed by atoms with Gasteiger partial charge in [0.1, 0.15) is 11.9 Å². The van der Waals surface area contributed by atoms with Crippen LogP contribution in [0, 0.1) is 10.6 Å². The molecule has 1 saturated heterocycles. The van der Waals surface area contributed by atoms with Crippen LogP contribution in [0.15, 0.2) is 27.8 Å². The summed E-state index contributed by atoms with van der Waals surface area (Å²) < 4.78 is 21.9. The van der Waals surface area contributed by atoms with Gasteiger partial charge in [-0.2, -0.15) is 14.9 Å². The lowest BCUT2D eigenvalue weighted by Crippen LogP contribution is -2.05. The molecule has 8 heteroatoms. The monoisotopic (exact) mass is 370 g/mol. The van der Waals surface area contributed by atoms with E-state index in [4.69, 9.17) is 17.0 Å². The lowest BCUT2D eigenvalue weighted by Gasteiger charge is -2.07. The van der Waals surface area contributed by atoms with Crippen molar-refractivity contribution in [1.29, 1.82) is 0 Å². The van der Waals surface area contributed by atoms with E-state index in [1.165, 1.54) is 17.0 Å². The van der Waals surface area contributed by atoms with E-state index in [-0.39, 0.29) is 11.9 Å². The lowest BCUT2D eigenvalue weighted by atomic mass is 10.2. The number of hydrogen-bond donors (Lipinski definition) is 1. The molecule has 2 aromatic rings. The number of nitrogens with zero attached hydrogens (tertiary/aromatic N) is 3. The maximum absolute atomic E-state index is 13.8. The molecule has 1 aliphatic heterocycles. The highest BCUT2D eigenvalue weighted by Crippen LogP contribution is 2.27. The summed E-state index contributed by atoms with van der Waals surface area (Å²) in [6.45, 7) is 0.704.